The molecule has 0 saturated carbocycles. The smallest absolute Gasteiger partial charge is 0.255 e. The van der Waals surface area contributed by atoms with Gasteiger partial charge in [0.05, 0.1) is 12.8 Å². The van der Waals surface area contributed by atoms with Gasteiger partial charge >= 0.3 is 0 Å². The summed E-state index contributed by atoms with van der Waals surface area (Å²) in [6.07, 6.45) is 1.54. The molecule has 1 aliphatic rings. The van der Waals surface area contributed by atoms with Gasteiger partial charge in [0.2, 0.25) is 5.95 Å². The molecule has 6 bridgehead atoms. The van der Waals surface area contributed by atoms with Gasteiger partial charge in [0.15, 0.2) is 5.82 Å². The minimum absolute atomic E-state index is 0.210. The second-order valence-corrected chi connectivity index (χ2v) is 9.01. The maximum atomic E-state index is 12.7. The molecule has 170 valence electrons. The van der Waals surface area contributed by atoms with Crippen LogP contribution < -0.4 is 20.7 Å². The zero-order valence-electron chi connectivity index (χ0n) is 17.9. The van der Waals surface area contributed by atoms with Crippen molar-refractivity contribution in [2.45, 2.75) is 4.90 Å². The summed E-state index contributed by atoms with van der Waals surface area (Å²) in [7, 11) is 0. The van der Waals surface area contributed by atoms with E-state index in [4.69, 9.17) is 16.3 Å². The number of nitrogens with zero attached hydrogens (tertiary/aromatic N) is 2. The summed E-state index contributed by atoms with van der Waals surface area (Å²) >= 11 is 8.02. The first-order chi connectivity index (χ1) is 16.6. The molecule has 7 nitrogen and oxygen atoms in total. The van der Waals surface area contributed by atoms with Crippen LogP contribution in [-0.4, -0.2) is 28.2 Å². The monoisotopic (exact) mass is 489 g/mol. The number of fused-ring (bicyclic) bond motifs is 6. The number of carbonyl (C=O) groups excluding carboxylic acids is 1. The highest BCUT2D eigenvalue weighted by Gasteiger charge is 2.12. The second-order valence-electron chi connectivity index (χ2n) is 7.43. The molecule has 1 aromatic heterocycles. The molecule has 0 atom stereocenters. The lowest BCUT2D eigenvalue weighted by Crippen LogP contribution is -2.12. The van der Waals surface area contributed by atoms with Crippen molar-refractivity contribution < 1.29 is 9.53 Å². The number of anilines is 5. The van der Waals surface area contributed by atoms with Crippen LogP contribution in [0.5, 0.6) is 5.75 Å². The second kappa shape index (κ2) is 10.0. The molecule has 0 aliphatic carbocycles. The van der Waals surface area contributed by atoms with Gasteiger partial charge in [0, 0.05) is 45.4 Å². The van der Waals surface area contributed by atoms with Crippen LogP contribution in [0, 0.1) is 0 Å². The molecule has 2 heterocycles. The predicted octanol–water partition coefficient (Wildman–Crippen LogP) is 6.35. The Morgan fingerprint density at radius 3 is 2.76 bits per heavy atom. The predicted molar refractivity (Wildman–Crippen MR) is 137 cm³/mol. The summed E-state index contributed by atoms with van der Waals surface area (Å²) in [5.41, 5.74) is 2.69. The zero-order chi connectivity index (χ0) is 23.3. The molecule has 1 aliphatic heterocycles. The Morgan fingerprint density at radius 2 is 1.88 bits per heavy atom. The summed E-state index contributed by atoms with van der Waals surface area (Å²) in [4.78, 5) is 22.6. The highest BCUT2D eigenvalue weighted by Crippen LogP contribution is 2.31. The molecule has 0 fully saturated rings. The number of amides is 1. The van der Waals surface area contributed by atoms with Gasteiger partial charge < -0.3 is 20.7 Å². The number of nitrogens with one attached hydrogen (secondary N) is 3. The van der Waals surface area contributed by atoms with Gasteiger partial charge in [0.1, 0.15) is 10.8 Å². The van der Waals surface area contributed by atoms with E-state index >= 15 is 0 Å². The molecule has 0 radical (unpaired) electrons. The molecule has 0 unspecified atom stereocenters. The van der Waals surface area contributed by atoms with E-state index in [1.807, 2.05) is 48.5 Å². The Morgan fingerprint density at radius 1 is 1.00 bits per heavy atom. The van der Waals surface area contributed by atoms with Gasteiger partial charge in [-0.25, -0.2) is 4.98 Å². The molecule has 3 N–H and O–H groups in total. The van der Waals surface area contributed by atoms with Crippen LogP contribution in [0.2, 0.25) is 5.02 Å². The molecule has 34 heavy (non-hydrogen) atoms. The Hall–Kier alpha value is -3.75. The lowest BCUT2D eigenvalue weighted by atomic mass is 10.2. The summed E-state index contributed by atoms with van der Waals surface area (Å²) in [6.45, 7) is 0.494. The van der Waals surface area contributed by atoms with Crippen molar-refractivity contribution in [2.24, 2.45) is 0 Å². The maximum absolute atomic E-state index is 12.7. The lowest BCUT2D eigenvalue weighted by molar-refractivity contribution is 0.102. The number of rotatable bonds is 2. The van der Waals surface area contributed by atoms with E-state index in [2.05, 4.69) is 25.9 Å². The van der Waals surface area contributed by atoms with Crippen molar-refractivity contribution in [3.05, 3.63) is 89.6 Å². The molecule has 4 aromatic rings. The molecule has 5 rings (SSSR count). The van der Waals surface area contributed by atoms with Gasteiger partial charge in [-0.05, 0) is 36.4 Å². The van der Waals surface area contributed by atoms with Gasteiger partial charge in [-0.2, -0.15) is 4.98 Å². The fourth-order valence-electron chi connectivity index (χ4n) is 3.38. The van der Waals surface area contributed by atoms with E-state index in [0.717, 1.165) is 16.3 Å². The molecule has 1 amide bonds. The standard InChI is InChI=1S/C25H20ClN5O2S/c26-22-15-27-25-30-19-11-18(29-24(32)16-5-2-1-3-6-16)12-20(13-19)33-9-10-34-21-8-4-7-17(14-21)28-23(22)31-25/h1-8,11-15H,9-10H2,(H,29,32)(H2,27,28,30,31). The number of benzene rings is 3. The SMILES string of the molecule is O=C(Nc1cc2cc(c1)OCCSc1cccc(c1)Nc1nc(ncc1Cl)N2)c1ccccc1. The van der Waals surface area contributed by atoms with E-state index in [9.17, 15) is 4.79 Å². The third-order valence-corrected chi connectivity index (χ3v) is 6.15. The van der Waals surface area contributed by atoms with Crippen LogP contribution in [0.4, 0.5) is 28.8 Å². The van der Waals surface area contributed by atoms with Gasteiger partial charge in [0.25, 0.3) is 5.91 Å². The molecule has 9 heteroatoms. The Bertz CT molecular complexity index is 1340. The minimum Gasteiger partial charge on any atom is -0.493 e. The number of hydrogen-bond donors (Lipinski definition) is 3. The van der Waals surface area contributed by atoms with Gasteiger partial charge in [-0.15, -0.1) is 11.8 Å². The Balaban J connectivity index is 1.48. The van der Waals surface area contributed by atoms with Crippen LogP contribution in [-0.2, 0) is 0 Å². The number of aromatic nitrogens is 2. The van der Waals surface area contributed by atoms with E-state index in [1.165, 1.54) is 6.20 Å². The molecular formula is C25H20ClN5O2S. The third-order valence-electron chi connectivity index (χ3n) is 4.92. The molecule has 0 spiro atoms. The van der Waals surface area contributed by atoms with Crippen molar-refractivity contribution in [1.82, 2.24) is 9.97 Å². The molecular weight excluding hydrogens is 470 g/mol. The summed E-state index contributed by atoms with van der Waals surface area (Å²) < 4.78 is 6.01. The summed E-state index contributed by atoms with van der Waals surface area (Å²) in [5.74, 6) is 2.00. The van der Waals surface area contributed by atoms with Crippen molar-refractivity contribution in [3.8, 4) is 5.75 Å². The quantitative estimate of drug-likeness (QED) is 0.302. The molecule has 0 saturated heterocycles. The van der Waals surface area contributed by atoms with Crippen LogP contribution >= 0.6 is 23.4 Å². The highest BCUT2D eigenvalue weighted by atomic mass is 35.5. The summed E-state index contributed by atoms with van der Waals surface area (Å²) in [5, 5.41) is 9.78. The van der Waals surface area contributed by atoms with Gasteiger partial charge in [-0.3, -0.25) is 4.79 Å². The Kier molecular flexibility index (Phi) is 6.51. The zero-order valence-corrected chi connectivity index (χ0v) is 19.5. The lowest BCUT2D eigenvalue weighted by Gasteiger charge is -2.13. The fourth-order valence-corrected chi connectivity index (χ4v) is 4.31. The number of carbonyl (C=O) groups is 1. The first-order valence-electron chi connectivity index (χ1n) is 10.6. The van der Waals surface area contributed by atoms with Crippen molar-refractivity contribution in [2.75, 3.05) is 28.3 Å². The summed E-state index contributed by atoms with van der Waals surface area (Å²) in [6, 6.07) is 22.5. The van der Waals surface area contributed by atoms with E-state index in [-0.39, 0.29) is 5.91 Å². The van der Waals surface area contributed by atoms with Crippen molar-refractivity contribution in [3.63, 3.8) is 0 Å². The van der Waals surface area contributed by atoms with E-state index < -0.39 is 0 Å². The topological polar surface area (TPSA) is 88.2 Å². The van der Waals surface area contributed by atoms with Crippen molar-refractivity contribution >= 4 is 58.1 Å². The van der Waals surface area contributed by atoms with Crippen LogP contribution in [0.25, 0.3) is 0 Å². The first kappa shape index (κ1) is 22.1. The normalized spacial score (nSPS) is 12.7. The van der Waals surface area contributed by atoms with E-state index in [0.29, 0.717) is 46.1 Å². The van der Waals surface area contributed by atoms with Gasteiger partial charge in [-0.1, -0.05) is 35.9 Å². The highest BCUT2D eigenvalue weighted by molar-refractivity contribution is 7.99. The number of ether oxygens (including phenoxy) is 1. The number of hydrogen-bond acceptors (Lipinski definition) is 7. The maximum Gasteiger partial charge on any atom is 0.255 e. The first-order valence-corrected chi connectivity index (χ1v) is 11.9. The van der Waals surface area contributed by atoms with Crippen LogP contribution in [0.15, 0.2) is 83.9 Å². The minimum atomic E-state index is -0.210. The number of thioether (sulfide) groups is 1. The van der Waals surface area contributed by atoms with E-state index in [1.54, 1.807) is 36.0 Å². The number of halogens is 1. The Labute approximate surface area is 205 Å². The average Bonchev–Trinajstić information content (AvgIpc) is 2.84. The van der Waals surface area contributed by atoms with Crippen LogP contribution in [0.3, 0.4) is 0 Å². The third kappa shape index (κ3) is 5.41. The average molecular weight is 490 g/mol. The molecule has 3 aromatic carbocycles. The van der Waals surface area contributed by atoms with Crippen LogP contribution in [0.1, 0.15) is 10.4 Å². The largest absolute Gasteiger partial charge is 0.493 e. The van der Waals surface area contributed by atoms with Crippen molar-refractivity contribution in [1.29, 1.82) is 0 Å². The fraction of sp³-hybridized carbons (Fsp3) is 0.0800.